The van der Waals surface area contributed by atoms with Crippen molar-refractivity contribution in [3.8, 4) is 5.75 Å². The first-order valence-corrected chi connectivity index (χ1v) is 5.58. The Morgan fingerprint density at radius 1 is 1.53 bits per heavy atom. The molecule has 0 bridgehead atoms. The first kappa shape index (κ1) is 10.8. The Bertz CT molecular complexity index is 380. The third kappa shape index (κ3) is 1.62. The average molecular weight is 226 g/mol. The summed E-state index contributed by atoms with van der Waals surface area (Å²) in [5.41, 5.74) is 7.16. The van der Waals surface area contributed by atoms with Crippen LogP contribution in [0.15, 0.2) is 18.2 Å². The lowest BCUT2D eigenvalue weighted by atomic mass is 9.64. The molecule has 1 saturated carbocycles. The van der Waals surface area contributed by atoms with E-state index >= 15 is 0 Å². The summed E-state index contributed by atoms with van der Waals surface area (Å²) < 4.78 is 5.33. The van der Waals surface area contributed by atoms with Crippen molar-refractivity contribution in [3.63, 3.8) is 0 Å². The van der Waals surface area contributed by atoms with Crippen LogP contribution < -0.4 is 10.5 Å². The zero-order valence-electron chi connectivity index (χ0n) is 9.09. The van der Waals surface area contributed by atoms with Crippen LogP contribution in [-0.4, -0.2) is 7.11 Å². The molecular formula is C12H16ClNO. The molecule has 2 unspecified atom stereocenters. The van der Waals surface area contributed by atoms with E-state index in [-0.39, 0.29) is 5.54 Å². The SMILES string of the molecule is COc1ccc(Cl)cc1C1(N)CCC1C. The van der Waals surface area contributed by atoms with Crippen LogP contribution in [0.2, 0.25) is 5.02 Å². The highest BCUT2D eigenvalue weighted by atomic mass is 35.5. The van der Waals surface area contributed by atoms with Gasteiger partial charge in [0, 0.05) is 16.1 Å². The number of methoxy groups -OCH3 is 1. The Hall–Kier alpha value is -0.730. The summed E-state index contributed by atoms with van der Waals surface area (Å²) in [7, 11) is 1.67. The second-order valence-corrected chi connectivity index (χ2v) is 4.76. The van der Waals surface area contributed by atoms with Gasteiger partial charge in [-0.2, -0.15) is 0 Å². The van der Waals surface area contributed by atoms with Gasteiger partial charge in [0.15, 0.2) is 0 Å². The Morgan fingerprint density at radius 2 is 2.27 bits per heavy atom. The number of benzene rings is 1. The van der Waals surface area contributed by atoms with Gasteiger partial charge in [0.1, 0.15) is 5.75 Å². The first-order chi connectivity index (χ1) is 7.08. The largest absolute Gasteiger partial charge is 0.496 e. The minimum absolute atomic E-state index is 0.254. The van der Waals surface area contributed by atoms with Crippen molar-refractivity contribution in [1.29, 1.82) is 0 Å². The fraction of sp³-hybridized carbons (Fsp3) is 0.500. The van der Waals surface area contributed by atoms with Crippen molar-refractivity contribution >= 4 is 11.6 Å². The molecule has 1 fully saturated rings. The van der Waals surface area contributed by atoms with Gasteiger partial charge in [0.2, 0.25) is 0 Å². The van der Waals surface area contributed by atoms with E-state index in [4.69, 9.17) is 22.1 Å². The van der Waals surface area contributed by atoms with Gasteiger partial charge < -0.3 is 10.5 Å². The fourth-order valence-electron chi connectivity index (χ4n) is 2.19. The molecular weight excluding hydrogens is 210 g/mol. The molecule has 0 aromatic heterocycles. The van der Waals surface area contributed by atoms with Crippen LogP contribution in [0.25, 0.3) is 0 Å². The number of ether oxygens (including phenoxy) is 1. The van der Waals surface area contributed by atoms with Crippen LogP contribution in [0.5, 0.6) is 5.75 Å². The number of hydrogen-bond acceptors (Lipinski definition) is 2. The van der Waals surface area contributed by atoms with Crippen LogP contribution in [0, 0.1) is 5.92 Å². The van der Waals surface area contributed by atoms with Gasteiger partial charge in [0.05, 0.1) is 7.11 Å². The molecule has 1 aliphatic carbocycles. The molecule has 0 saturated heterocycles. The third-order valence-corrected chi connectivity index (χ3v) is 3.77. The van der Waals surface area contributed by atoms with E-state index in [9.17, 15) is 0 Å². The topological polar surface area (TPSA) is 35.2 Å². The Labute approximate surface area is 95.4 Å². The first-order valence-electron chi connectivity index (χ1n) is 5.21. The second-order valence-electron chi connectivity index (χ2n) is 4.32. The molecule has 2 rings (SSSR count). The van der Waals surface area contributed by atoms with Crippen LogP contribution in [-0.2, 0) is 5.54 Å². The zero-order valence-corrected chi connectivity index (χ0v) is 9.84. The van der Waals surface area contributed by atoms with Crippen molar-refractivity contribution in [2.24, 2.45) is 11.7 Å². The van der Waals surface area contributed by atoms with Crippen molar-refractivity contribution < 1.29 is 4.74 Å². The van der Waals surface area contributed by atoms with Gasteiger partial charge in [-0.3, -0.25) is 0 Å². The van der Waals surface area contributed by atoms with Crippen molar-refractivity contribution in [2.45, 2.75) is 25.3 Å². The van der Waals surface area contributed by atoms with Crippen molar-refractivity contribution in [2.75, 3.05) is 7.11 Å². The summed E-state index contributed by atoms with van der Waals surface area (Å²) in [6, 6.07) is 5.64. The molecule has 1 aromatic rings. The van der Waals surface area contributed by atoms with Gasteiger partial charge in [-0.1, -0.05) is 18.5 Å². The Morgan fingerprint density at radius 3 is 2.73 bits per heavy atom. The van der Waals surface area contributed by atoms with E-state index in [0.29, 0.717) is 5.92 Å². The lowest BCUT2D eigenvalue weighted by molar-refractivity contribution is 0.141. The molecule has 82 valence electrons. The highest BCUT2D eigenvalue weighted by Gasteiger charge is 2.43. The van der Waals surface area contributed by atoms with Crippen LogP contribution in [0.3, 0.4) is 0 Å². The molecule has 2 nitrogen and oxygen atoms in total. The molecule has 3 heteroatoms. The standard InChI is InChI=1S/C12H16ClNO/c1-8-5-6-12(8,14)10-7-9(13)3-4-11(10)15-2/h3-4,7-8H,5-6,14H2,1-2H3. The average Bonchev–Trinajstić information content (AvgIpc) is 2.26. The lowest BCUT2D eigenvalue weighted by Crippen LogP contribution is -2.50. The van der Waals surface area contributed by atoms with Gasteiger partial charge in [-0.05, 0) is 37.0 Å². The molecule has 1 aliphatic rings. The quantitative estimate of drug-likeness (QED) is 0.840. The molecule has 0 spiro atoms. The van der Waals surface area contributed by atoms with Crippen LogP contribution >= 0.6 is 11.6 Å². The smallest absolute Gasteiger partial charge is 0.124 e. The minimum Gasteiger partial charge on any atom is -0.496 e. The molecule has 15 heavy (non-hydrogen) atoms. The summed E-state index contributed by atoms with van der Waals surface area (Å²) in [6.07, 6.45) is 2.18. The third-order valence-electron chi connectivity index (χ3n) is 3.53. The maximum atomic E-state index is 6.37. The van der Waals surface area contributed by atoms with E-state index in [1.165, 1.54) is 6.42 Å². The van der Waals surface area contributed by atoms with Crippen molar-refractivity contribution in [3.05, 3.63) is 28.8 Å². The van der Waals surface area contributed by atoms with Gasteiger partial charge in [-0.15, -0.1) is 0 Å². The normalized spacial score (nSPS) is 29.7. The molecule has 0 radical (unpaired) electrons. The van der Waals surface area contributed by atoms with E-state index in [1.807, 2.05) is 18.2 Å². The highest BCUT2D eigenvalue weighted by molar-refractivity contribution is 6.30. The lowest BCUT2D eigenvalue weighted by Gasteiger charge is -2.46. The number of rotatable bonds is 2. The van der Waals surface area contributed by atoms with Gasteiger partial charge in [0.25, 0.3) is 0 Å². The molecule has 2 N–H and O–H groups in total. The summed E-state index contributed by atoms with van der Waals surface area (Å²) in [6.45, 7) is 2.17. The van der Waals surface area contributed by atoms with E-state index in [0.717, 1.165) is 22.8 Å². The Balaban J connectivity index is 2.46. The van der Waals surface area contributed by atoms with Gasteiger partial charge in [-0.25, -0.2) is 0 Å². The molecule has 0 heterocycles. The van der Waals surface area contributed by atoms with E-state index in [2.05, 4.69) is 6.92 Å². The van der Waals surface area contributed by atoms with Crippen LogP contribution in [0.1, 0.15) is 25.3 Å². The van der Waals surface area contributed by atoms with Crippen LogP contribution in [0.4, 0.5) is 0 Å². The molecule has 0 amide bonds. The second kappa shape index (κ2) is 3.69. The Kier molecular flexibility index (Phi) is 2.65. The zero-order chi connectivity index (χ0) is 11.1. The van der Waals surface area contributed by atoms with E-state index in [1.54, 1.807) is 7.11 Å². The number of hydrogen-bond donors (Lipinski definition) is 1. The predicted molar refractivity (Wildman–Crippen MR) is 62.3 cm³/mol. The van der Waals surface area contributed by atoms with Gasteiger partial charge >= 0.3 is 0 Å². The van der Waals surface area contributed by atoms with Crippen molar-refractivity contribution in [1.82, 2.24) is 0 Å². The van der Waals surface area contributed by atoms with E-state index < -0.39 is 0 Å². The summed E-state index contributed by atoms with van der Waals surface area (Å²) >= 11 is 6.00. The monoisotopic (exact) mass is 225 g/mol. The number of halogens is 1. The molecule has 1 aromatic carbocycles. The maximum Gasteiger partial charge on any atom is 0.124 e. The molecule has 2 atom stereocenters. The summed E-state index contributed by atoms with van der Waals surface area (Å²) in [5.74, 6) is 1.33. The highest BCUT2D eigenvalue weighted by Crippen LogP contribution is 2.47. The number of nitrogens with two attached hydrogens (primary N) is 1. The summed E-state index contributed by atoms with van der Waals surface area (Å²) in [5, 5.41) is 0.717. The maximum absolute atomic E-state index is 6.37. The predicted octanol–water partition coefficient (Wildman–Crippen LogP) is 2.93. The summed E-state index contributed by atoms with van der Waals surface area (Å²) in [4.78, 5) is 0. The fourth-order valence-corrected chi connectivity index (χ4v) is 2.36. The molecule has 0 aliphatic heterocycles. The minimum atomic E-state index is -0.254.